The van der Waals surface area contributed by atoms with Gasteiger partial charge in [-0.3, -0.25) is 0 Å². The van der Waals surface area contributed by atoms with E-state index in [1.54, 1.807) is 6.34 Å². The van der Waals surface area contributed by atoms with Crippen LogP contribution in [0.15, 0.2) is 17.8 Å². The van der Waals surface area contributed by atoms with Crippen LogP contribution in [0, 0.1) is 0 Å². The minimum absolute atomic E-state index is 0.861. The quantitative estimate of drug-likeness (QED) is 0.441. The van der Waals surface area contributed by atoms with Gasteiger partial charge in [-0.25, -0.2) is 5.01 Å². The van der Waals surface area contributed by atoms with E-state index in [2.05, 4.69) is 11.7 Å². The number of hydrogen-bond acceptors (Lipinski definition) is 2. The third kappa shape index (κ3) is 0.578. The monoisotopic (exact) mass is 82.1 g/mol. The summed E-state index contributed by atoms with van der Waals surface area (Å²) >= 11 is 0. The Morgan fingerprint density at radius 3 is 2.83 bits per heavy atom. The highest BCUT2D eigenvalue weighted by Crippen LogP contribution is 1.94. The molecular weight excluding hydrogens is 76.1 g/mol. The molecule has 0 bridgehead atoms. The second kappa shape index (κ2) is 1.12. The van der Waals surface area contributed by atoms with Crippen molar-refractivity contribution >= 4 is 6.34 Å². The molecule has 0 aromatic rings. The van der Waals surface area contributed by atoms with Gasteiger partial charge in [0.2, 0.25) is 0 Å². The predicted molar refractivity (Wildman–Crippen MR) is 25.4 cm³/mol. The van der Waals surface area contributed by atoms with Gasteiger partial charge in [0.1, 0.15) is 6.34 Å². The summed E-state index contributed by atoms with van der Waals surface area (Å²) in [6.45, 7) is 4.38. The van der Waals surface area contributed by atoms with Gasteiger partial charge < -0.3 is 0 Å². The van der Waals surface area contributed by atoms with Gasteiger partial charge in [-0.1, -0.05) is 6.08 Å². The van der Waals surface area contributed by atoms with E-state index in [-0.39, 0.29) is 0 Å². The third-order valence-electron chi connectivity index (χ3n) is 0.595. The van der Waals surface area contributed by atoms with Crippen molar-refractivity contribution in [2.45, 2.75) is 0 Å². The standard InChI is InChI=1S/C4H6N2/c1-2-3-6-4-5-6/h2,4H,1,3H2. The molecule has 1 rings (SSSR count). The summed E-state index contributed by atoms with van der Waals surface area (Å²) < 4.78 is 0. The zero-order valence-corrected chi connectivity index (χ0v) is 3.46. The Labute approximate surface area is 36.8 Å². The first-order valence-electron chi connectivity index (χ1n) is 1.85. The van der Waals surface area contributed by atoms with Crippen LogP contribution in [0.4, 0.5) is 0 Å². The first kappa shape index (κ1) is 3.40. The highest BCUT2D eigenvalue weighted by atomic mass is 15.6. The van der Waals surface area contributed by atoms with Crippen LogP contribution in [0.1, 0.15) is 0 Å². The predicted octanol–water partition coefficient (Wildman–Crippen LogP) is 0.431. The smallest absolute Gasteiger partial charge is 0.132 e. The topological polar surface area (TPSA) is 15.4 Å². The number of rotatable bonds is 2. The van der Waals surface area contributed by atoms with E-state index in [1.165, 1.54) is 0 Å². The molecule has 2 nitrogen and oxygen atoms in total. The fourth-order valence-corrected chi connectivity index (χ4v) is 0.263. The molecule has 0 spiro atoms. The van der Waals surface area contributed by atoms with E-state index in [9.17, 15) is 0 Å². The summed E-state index contributed by atoms with van der Waals surface area (Å²) in [7, 11) is 0. The second-order valence-corrected chi connectivity index (χ2v) is 1.14. The molecule has 1 aliphatic rings. The van der Waals surface area contributed by atoms with Crippen LogP contribution in [0.25, 0.3) is 0 Å². The van der Waals surface area contributed by atoms with E-state index in [4.69, 9.17) is 0 Å². The van der Waals surface area contributed by atoms with Crippen LogP contribution >= 0.6 is 0 Å². The van der Waals surface area contributed by atoms with Gasteiger partial charge >= 0.3 is 0 Å². The molecule has 0 saturated heterocycles. The maximum absolute atomic E-state index is 3.73. The van der Waals surface area contributed by atoms with E-state index in [0.29, 0.717) is 0 Å². The average molecular weight is 82.1 g/mol. The van der Waals surface area contributed by atoms with Gasteiger partial charge in [0.25, 0.3) is 0 Å². The molecule has 0 amide bonds. The number of nitrogens with zero attached hydrogens (tertiary/aromatic N) is 2. The third-order valence-corrected chi connectivity index (χ3v) is 0.595. The van der Waals surface area contributed by atoms with Gasteiger partial charge in [-0.05, 0) is 0 Å². The Bertz CT molecular complexity index is 79.5. The van der Waals surface area contributed by atoms with E-state index in [1.807, 2.05) is 11.1 Å². The zero-order valence-electron chi connectivity index (χ0n) is 3.46. The fourth-order valence-electron chi connectivity index (χ4n) is 0.263. The van der Waals surface area contributed by atoms with Gasteiger partial charge in [0, 0.05) is 0 Å². The summed E-state index contributed by atoms with van der Waals surface area (Å²) in [4.78, 5) is 0. The number of hydrogen-bond donors (Lipinski definition) is 0. The Balaban J connectivity index is 2.04. The molecule has 0 aromatic carbocycles. The van der Waals surface area contributed by atoms with Gasteiger partial charge in [0.15, 0.2) is 0 Å². The molecule has 0 aliphatic carbocycles. The minimum Gasteiger partial charge on any atom is -0.247 e. The minimum atomic E-state index is 0.861. The Morgan fingerprint density at radius 1 is 2.00 bits per heavy atom. The lowest BCUT2D eigenvalue weighted by Gasteiger charge is -1.85. The van der Waals surface area contributed by atoms with Crippen LogP contribution in [-0.2, 0) is 0 Å². The first-order valence-corrected chi connectivity index (χ1v) is 1.85. The second-order valence-electron chi connectivity index (χ2n) is 1.14. The Hall–Kier alpha value is -0.790. The van der Waals surface area contributed by atoms with Crippen LogP contribution in [0.5, 0.6) is 0 Å². The summed E-state index contributed by atoms with van der Waals surface area (Å²) in [5.41, 5.74) is 0. The molecule has 1 heterocycles. The molecule has 32 valence electrons. The summed E-state index contributed by atoms with van der Waals surface area (Å²) in [6, 6.07) is 0. The molecule has 2 heteroatoms. The molecule has 6 heavy (non-hydrogen) atoms. The molecular formula is C4H6N2. The highest BCUT2D eigenvalue weighted by Gasteiger charge is 2.01. The zero-order chi connectivity index (χ0) is 4.41. The summed E-state index contributed by atoms with van der Waals surface area (Å²) in [5.74, 6) is 0. The Morgan fingerprint density at radius 2 is 2.67 bits per heavy atom. The molecule has 1 aliphatic heterocycles. The van der Waals surface area contributed by atoms with E-state index >= 15 is 0 Å². The maximum Gasteiger partial charge on any atom is 0.132 e. The summed E-state index contributed by atoms with van der Waals surface area (Å²) in [6.07, 6.45) is 3.58. The van der Waals surface area contributed by atoms with Crippen molar-refractivity contribution in [2.75, 3.05) is 6.54 Å². The number of hydrazone groups is 1. The van der Waals surface area contributed by atoms with Crippen molar-refractivity contribution in [1.82, 2.24) is 5.01 Å². The largest absolute Gasteiger partial charge is 0.247 e. The summed E-state index contributed by atoms with van der Waals surface area (Å²) in [5, 5.41) is 5.54. The van der Waals surface area contributed by atoms with E-state index < -0.39 is 0 Å². The first-order chi connectivity index (χ1) is 2.93. The van der Waals surface area contributed by atoms with Gasteiger partial charge in [-0.2, -0.15) is 5.10 Å². The SMILES string of the molecule is C=CCN1C=N1. The molecule has 0 aromatic heterocycles. The molecule has 0 atom stereocenters. The van der Waals surface area contributed by atoms with Crippen molar-refractivity contribution < 1.29 is 0 Å². The normalized spacial score (nSPS) is 15.0. The van der Waals surface area contributed by atoms with Crippen molar-refractivity contribution in [2.24, 2.45) is 5.10 Å². The lowest BCUT2D eigenvalue weighted by Crippen LogP contribution is -1.94. The molecule has 0 fully saturated rings. The molecule has 0 unspecified atom stereocenters. The van der Waals surface area contributed by atoms with Crippen molar-refractivity contribution in [3.05, 3.63) is 12.7 Å². The highest BCUT2D eigenvalue weighted by molar-refractivity contribution is 5.65. The lowest BCUT2D eigenvalue weighted by molar-refractivity contribution is 0.626. The fraction of sp³-hybridized carbons (Fsp3) is 0.250. The molecule has 0 N–H and O–H groups in total. The van der Waals surface area contributed by atoms with Crippen molar-refractivity contribution in [3.8, 4) is 0 Å². The van der Waals surface area contributed by atoms with Crippen molar-refractivity contribution in [1.29, 1.82) is 0 Å². The van der Waals surface area contributed by atoms with E-state index in [0.717, 1.165) is 6.54 Å². The Kier molecular flexibility index (Phi) is 0.638. The van der Waals surface area contributed by atoms with Gasteiger partial charge in [-0.15, -0.1) is 6.58 Å². The molecule has 0 saturated carbocycles. The average Bonchev–Trinajstić information content (AvgIpc) is 2.21. The van der Waals surface area contributed by atoms with Crippen LogP contribution < -0.4 is 0 Å². The lowest BCUT2D eigenvalue weighted by atomic mass is 10.6. The maximum atomic E-state index is 3.73. The van der Waals surface area contributed by atoms with Crippen LogP contribution in [0.3, 0.4) is 0 Å². The van der Waals surface area contributed by atoms with Crippen molar-refractivity contribution in [3.63, 3.8) is 0 Å². The molecule has 0 radical (unpaired) electrons. The van der Waals surface area contributed by atoms with Crippen LogP contribution in [0.2, 0.25) is 0 Å². The van der Waals surface area contributed by atoms with Gasteiger partial charge in [0.05, 0.1) is 6.54 Å². The van der Waals surface area contributed by atoms with Crippen LogP contribution in [-0.4, -0.2) is 17.9 Å².